The van der Waals surface area contributed by atoms with Crippen molar-refractivity contribution in [2.24, 2.45) is 0 Å². The number of nitrogens with one attached hydrogen (secondary N) is 1. The molecule has 7 N–H and O–H groups in total. The summed E-state index contributed by atoms with van der Waals surface area (Å²) in [5.41, 5.74) is 2.12. The van der Waals surface area contributed by atoms with Crippen LogP contribution in [0.1, 0.15) is 0 Å². The number of aromatic amines is 1. The third-order valence-corrected chi connectivity index (χ3v) is 1.33. The van der Waals surface area contributed by atoms with E-state index < -0.39 is 0 Å². The average Bonchev–Trinajstić information content (AvgIpc) is 2.33. The fourth-order valence-electron chi connectivity index (χ4n) is 0.880. The predicted molar refractivity (Wildman–Crippen MR) is 46.9 cm³/mol. The minimum Gasteiger partial charge on any atom is -0.412 e. The Bertz CT molecular complexity index is 296. The van der Waals surface area contributed by atoms with E-state index >= 15 is 0 Å². The van der Waals surface area contributed by atoms with Crippen LogP contribution in [0, 0.1) is 0 Å². The predicted octanol–water partition coefficient (Wildman–Crippen LogP) is -0.914. The van der Waals surface area contributed by atoms with Crippen molar-refractivity contribution in [1.82, 2.24) is 9.97 Å². The van der Waals surface area contributed by atoms with Gasteiger partial charge < -0.3 is 21.4 Å². The summed E-state index contributed by atoms with van der Waals surface area (Å²) in [5.74, 6) is 0. The van der Waals surface area contributed by atoms with Gasteiger partial charge in [-0.2, -0.15) is 0 Å². The molecule has 1 aromatic carbocycles. The van der Waals surface area contributed by atoms with Crippen LogP contribution in [0.5, 0.6) is 0 Å². The summed E-state index contributed by atoms with van der Waals surface area (Å²) in [6.45, 7) is 0. The Balaban J connectivity index is -0.000000250. The summed E-state index contributed by atoms with van der Waals surface area (Å²) < 4.78 is 0. The molecule has 2 aromatic rings. The summed E-state index contributed by atoms with van der Waals surface area (Å²) in [4.78, 5) is 7.07. The number of benzene rings is 1. The van der Waals surface area contributed by atoms with Gasteiger partial charge in [0.1, 0.15) is 0 Å². The third kappa shape index (κ3) is 3.61. The van der Waals surface area contributed by atoms with Crippen LogP contribution in [0.15, 0.2) is 30.6 Å². The molecule has 0 saturated carbocycles. The maximum absolute atomic E-state index is 4.06. The van der Waals surface area contributed by atoms with E-state index in [2.05, 4.69) is 9.97 Å². The maximum Gasteiger partial charge on any atom is 0.0931 e. The number of para-hydroxylation sites is 2. The molecule has 0 aliphatic carbocycles. The zero-order valence-corrected chi connectivity index (χ0v) is 10.0. The van der Waals surface area contributed by atoms with Crippen molar-refractivity contribution in [2.75, 3.05) is 0 Å². The molecule has 0 saturated heterocycles. The quantitative estimate of drug-likeness (QED) is 0.585. The van der Waals surface area contributed by atoms with Gasteiger partial charge in [0.05, 0.1) is 17.4 Å². The Kier molecular flexibility index (Phi) is 10.9. The Labute approximate surface area is 87.9 Å². The summed E-state index contributed by atoms with van der Waals surface area (Å²) in [5, 5.41) is 0. The van der Waals surface area contributed by atoms with Crippen molar-refractivity contribution in [3.8, 4) is 0 Å². The summed E-state index contributed by atoms with van der Waals surface area (Å²) in [6, 6.07) is 7.94. The van der Waals surface area contributed by atoms with Crippen LogP contribution in [0.3, 0.4) is 0 Å². The van der Waals surface area contributed by atoms with Gasteiger partial charge in [0.15, 0.2) is 0 Å². The van der Waals surface area contributed by atoms with Crippen molar-refractivity contribution in [2.45, 2.75) is 0 Å². The number of nitrogens with zero attached hydrogens (tertiary/aromatic N) is 1. The Morgan fingerprint density at radius 2 is 1.62 bits per heavy atom. The molecule has 13 heavy (non-hydrogen) atoms. The molecule has 0 aliphatic heterocycles. The number of rotatable bonds is 0. The number of fused-ring (bicyclic) bond motifs is 1. The van der Waals surface area contributed by atoms with E-state index in [9.17, 15) is 0 Å². The fraction of sp³-hybridized carbons (Fsp3) is 0. The van der Waals surface area contributed by atoms with Crippen LogP contribution in [-0.2, 0) is 19.5 Å². The van der Waals surface area contributed by atoms with Crippen molar-refractivity contribution in [3.05, 3.63) is 30.6 Å². The van der Waals surface area contributed by atoms with Crippen LogP contribution in [0.25, 0.3) is 11.0 Å². The van der Waals surface area contributed by atoms with Gasteiger partial charge in [-0.15, -0.1) is 0 Å². The standard InChI is InChI=1S/C7H6N2.3H2O.Zn/c1-2-4-7-6(3-1)8-5-9-7;;;;/h1-5H,(H,8,9);3*1H2;. The molecular formula is C7H12N2O3Zn. The van der Waals surface area contributed by atoms with Crippen LogP contribution < -0.4 is 0 Å². The normalized spacial score (nSPS) is 7.08. The van der Waals surface area contributed by atoms with E-state index in [0.29, 0.717) is 0 Å². The van der Waals surface area contributed by atoms with E-state index in [0.717, 1.165) is 11.0 Å². The van der Waals surface area contributed by atoms with Gasteiger partial charge in [-0.25, -0.2) is 4.98 Å². The second kappa shape index (κ2) is 7.82. The number of aromatic nitrogens is 2. The van der Waals surface area contributed by atoms with E-state index in [1.54, 1.807) is 6.33 Å². The zero-order valence-electron chi connectivity index (χ0n) is 7.04. The molecule has 2 rings (SSSR count). The van der Waals surface area contributed by atoms with Gasteiger partial charge in [-0.05, 0) is 12.1 Å². The van der Waals surface area contributed by atoms with Crippen molar-refractivity contribution >= 4 is 11.0 Å². The van der Waals surface area contributed by atoms with Gasteiger partial charge in [-0.1, -0.05) is 12.1 Å². The molecule has 0 radical (unpaired) electrons. The van der Waals surface area contributed by atoms with Gasteiger partial charge in [0.25, 0.3) is 0 Å². The maximum atomic E-state index is 4.06. The van der Waals surface area contributed by atoms with E-state index in [-0.39, 0.29) is 35.9 Å². The van der Waals surface area contributed by atoms with Gasteiger partial charge in [0.2, 0.25) is 0 Å². The Hall–Kier alpha value is -0.807. The third-order valence-electron chi connectivity index (χ3n) is 1.33. The van der Waals surface area contributed by atoms with Gasteiger partial charge in [-0.3, -0.25) is 0 Å². The first kappa shape index (κ1) is 18.1. The first-order valence-corrected chi connectivity index (χ1v) is 2.85. The Morgan fingerprint density at radius 1 is 1.00 bits per heavy atom. The first-order valence-electron chi connectivity index (χ1n) is 2.85. The van der Waals surface area contributed by atoms with Crippen LogP contribution >= 0.6 is 0 Å². The van der Waals surface area contributed by atoms with Crippen molar-refractivity contribution < 1.29 is 35.9 Å². The minimum atomic E-state index is 0. The molecule has 0 aliphatic rings. The van der Waals surface area contributed by atoms with Crippen LogP contribution in [0.2, 0.25) is 0 Å². The number of H-pyrrole nitrogens is 1. The smallest absolute Gasteiger partial charge is 0.0931 e. The van der Waals surface area contributed by atoms with Crippen LogP contribution in [0.4, 0.5) is 0 Å². The molecule has 0 unspecified atom stereocenters. The molecule has 6 heteroatoms. The number of hydrogen-bond donors (Lipinski definition) is 1. The zero-order chi connectivity index (χ0) is 6.10. The Morgan fingerprint density at radius 3 is 2.23 bits per heavy atom. The van der Waals surface area contributed by atoms with E-state index in [1.807, 2.05) is 24.3 Å². The SMILES string of the molecule is O.O.O.[Zn].c1ccc2[nH]cnc2c1. The molecule has 0 bridgehead atoms. The number of hydrogen-bond acceptors (Lipinski definition) is 1. The molecule has 0 amide bonds. The monoisotopic (exact) mass is 236 g/mol. The van der Waals surface area contributed by atoms with E-state index in [4.69, 9.17) is 0 Å². The summed E-state index contributed by atoms with van der Waals surface area (Å²) in [6.07, 6.45) is 1.70. The molecule has 70 valence electrons. The molecule has 0 spiro atoms. The van der Waals surface area contributed by atoms with Gasteiger partial charge >= 0.3 is 0 Å². The second-order valence-electron chi connectivity index (χ2n) is 1.92. The van der Waals surface area contributed by atoms with Gasteiger partial charge in [0, 0.05) is 19.5 Å². The summed E-state index contributed by atoms with van der Waals surface area (Å²) in [7, 11) is 0. The van der Waals surface area contributed by atoms with E-state index in [1.165, 1.54) is 0 Å². The molecular weight excluding hydrogens is 225 g/mol. The van der Waals surface area contributed by atoms with Crippen molar-refractivity contribution in [3.63, 3.8) is 0 Å². The largest absolute Gasteiger partial charge is 0.412 e. The molecule has 5 nitrogen and oxygen atoms in total. The first-order chi connectivity index (χ1) is 4.47. The molecule has 0 atom stereocenters. The topological polar surface area (TPSA) is 123 Å². The fourth-order valence-corrected chi connectivity index (χ4v) is 0.880. The minimum absolute atomic E-state index is 0. The number of imidazole rings is 1. The van der Waals surface area contributed by atoms with Crippen LogP contribution in [-0.4, -0.2) is 26.4 Å². The summed E-state index contributed by atoms with van der Waals surface area (Å²) >= 11 is 0. The molecule has 1 heterocycles. The van der Waals surface area contributed by atoms with Crippen molar-refractivity contribution in [1.29, 1.82) is 0 Å². The average molecular weight is 238 g/mol. The molecule has 0 fully saturated rings. The molecule has 1 aromatic heterocycles. The second-order valence-corrected chi connectivity index (χ2v) is 1.92.